The van der Waals surface area contributed by atoms with E-state index in [9.17, 15) is 0 Å². The predicted molar refractivity (Wildman–Crippen MR) is 147 cm³/mol. The maximum atomic E-state index is 6.05. The molecule has 3 aromatic carbocycles. The Hall–Kier alpha value is -4.07. The van der Waals surface area contributed by atoms with Gasteiger partial charge in [-0.15, -0.1) is 20.4 Å². The van der Waals surface area contributed by atoms with Gasteiger partial charge in [0, 0.05) is 23.4 Å². The quantitative estimate of drug-likeness (QED) is 0.249. The molecule has 0 saturated heterocycles. The maximum Gasteiger partial charge on any atom is 0.242 e. The number of aromatic nitrogens is 5. The summed E-state index contributed by atoms with van der Waals surface area (Å²) in [5.41, 5.74) is 5.80. The van der Waals surface area contributed by atoms with Crippen LogP contribution in [0.25, 0.3) is 11.3 Å². The molecule has 2 aromatic heterocycles. The van der Waals surface area contributed by atoms with E-state index in [2.05, 4.69) is 74.4 Å². The Balaban J connectivity index is 0.000000170. The lowest BCUT2D eigenvalue weighted by Crippen LogP contribution is -2.04. The molecule has 0 amide bonds. The van der Waals surface area contributed by atoms with Crippen LogP contribution in [0.5, 0.6) is 0 Å². The summed E-state index contributed by atoms with van der Waals surface area (Å²) in [5.74, 6) is 3.13. The van der Waals surface area contributed by atoms with E-state index in [0.717, 1.165) is 33.5 Å². The minimum atomic E-state index is 0.175. The van der Waals surface area contributed by atoms with Crippen LogP contribution in [-0.4, -0.2) is 25.0 Å². The van der Waals surface area contributed by atoms with E-state index < -0.39 is 0 Å². The number of aryl methyl sites for hydroxylation is 2. The van der Waals surface area contributed by atoms with E-state index in [1.54, 1.807) is 6.92 Å². The van der Waals surface area contributed by atoms with Crippen LogP contribution in [0, 0.1) is 13.8 Å². The highest BCUT2D eigenvalue weighted by molar-refractivity contribution is 6.30. The second-order valence-corrected chi connectivity index (χ2v) is 9.46. The molecule has 1 aliphatic rings. The van der Waals surface area contributed by atoms with Gasteiger partial charge < -0.3 is 9.15 Å². The highest BCUT2D eigenvalue weighted by Crippen LogP contribution is 2.36. The predicted octanol–water partition coefficient (Wildman–Crippen LogP) is 6.87. The number of benzene rings is 3. The van der Waals surface area contributed by atoms with Crippen molar-refractivity contribution in [2.24, 2.45) is 0 Å². The summed E-state index contributed by atoms with van der Waals surface area (Å²) in [7, 11) is 0. The first-order valence-electron chi connectivity index (χ1n) is 12.4. The van der Waals surface area contributed by atoms with Crippen LogP contribution in [0.1, 0.15) is 53.0 Å². The van der Waals surface area contributed by atoms with Crippen LogP contribution in [0.4, 0.5) is 0 Å². The summed E-state index contributed by atoms with van der Waals surface area (Å²) in [6.07, 6.45) is 2.26. The van der Waals surface area contributed by atoms with Gasteiger partial charge in [-0.2, -0.15) is 0 Å². The largest absolute Gasteiger partial charge is 0.423 e. The van der Waals surface area contributed by atoms with E-state index >= 15 is 0 Å². The molecule has 0 fully saturated rings. The number of fused-ring (bicyclic) bond motifs is 3. The molecule has 192 valence electrons. The summed E-state index contributed by atoms with van der Waals surface area (Å²) in [6, 6.07) is 26.4. The minimum Gasteiger partial charge on any atom is -0.423 e. The standard InChI is InChI=1S/C19H16ClN3.C11H12N2O2/c1-12-11-17(14-7-9-15(20)10-8-14)16-5-3-4-6-18(16)23-13(2)21-22-19(12)23;1-9-12-13-11(15-9)8-14-7-10-5-3-2-4-6-10/h3-12H,1-2H3;2-6H,7-8H2,1H3. The van der Waals surface area contributed by atoms with Crippen LogP contribution in [0.15, 0.2) is 89.4 Å². The second-order valence-electron chi connectivity index (χ2n) is 9.03. The van der Waals surface area contributed by atoms with Gasteiger partial charge in [-0.25, -0.2) is 0 Å². The fraction of sp³-hybridized carbons (Fsp3) is 0.200. The van der Waals surface area contributed by atoms with E-state index in [1.807, 2.05) is 49.4 Å². The number of nitrogens with zero attached hydrogens (tertiary/aromatic N) is 5. The lowest BCUT2D eigenvalue weighted by atomic mass is 9.94. The third-order valence-electron chi connectivity index (χ3n) is 6.17. The summed E-state index contributed by atoms with van der Waals surface area (Å²) >= 11 is 6.05. The maximum absolute atomic E-state index is 6.05. The molecular weight excluding hydrogens is 498 g/mol. The third-order valence-corrected chi connectivity index (χ3v) is 6.42. The molecule has 1 atom stereocenters. The van der Waals surface area contributed by atoms with Gasteiger partial charge in [0.1, 0.15) is 18.3 Å². The molecule has 38 heavy (non-hydrogen) atoms. The van der Waals surface area contributed by atoms with E-state index in [4.69, 9.17) is 20.8 Å². The Morgan fingerprint density at radius 2 is 1.58 bits per heavy atom. The molecule has 3 heterocycles. The number of rotatable bonds is 5. The Bertz CT molecular complexity index is 1540. The van der Waals surface area contributed by atoms with Crippen molar-refractivity contribution in [3.05, 3.63) is 130 Å². The number of ether oxygens (including phenoxy) is 1. The van der Waals surface area contributed by atoms with Gasteiger partial charge in [-0.1, -0.05) is 85.3 Å². The van der Waals surface area contributed by atoms with Crippen LogP contribution in [0.3, 0.4) is 0 Å². The van der Waals surface area contributed by atoms with Crippen molar-refractivity contribution in [2.45, 2.75) is 39.9 Å². The number of hydrogen-bond acceptors (Lipinski definition) is 6. The molecule has 0 bridgehead atoms. The van der Waals surface area contributed by atoms with Gasteiger partial charge in [-0.3, -0.25) is 4.57 Å². The first-order chi connectivity index (χ1) is 18.5. The first-order valence-corrected chi connectivity index (χ1v) is 12.8. The molecule has 6 rings (SSSR count). The Kier molecular flexibility index (Phi) is 7.77. The van der Waals surface area contributed by atoms with Crippen molar-refractivity contribution in [1.82, 2.24) is 25.0 Å². The number of para-hydroxylation sites is 1. The minimum absolute atomic E-state index is 0.175. The molecule has 7 nitrogen and oxygen atoms in total. The summed E-state index contributed by atoms with van der Waals surface area (Å²) in [6.45, 7) is 6.82. The smallest absolute Gasteiger partial charge is 0.242 e. The van der Waals surface area contributed by atoms with Gasteiger partial charge >= 0.3 is 0 Å². The average Bonchev–Trinajstić information content (AvgIpc) is 3.50. The van der Waals surface area contributed by atoms with E-state index in [1.165, 1.54) is 11.1 Å². The van der Waals surface area contributed by atoms with Crippen LogP contribution >= 0.6 is 11.6 Å². The molecule has 8 heteroatoms. The molecule has 0 spiro atoms. The SMILES string of the molecule is Cc1nnc(COCc2ccccc2)o1.Cc1nnc2n1-c1ccccc1C(c1ccc(Cl)cc1)=CC2C. The Morgan fingerprint density at radius 1 is 0.842 bits per heavy atom. The fourth-order valence-electron chi connectivity index (χ4n) is 4.39. The molecule has 0 aliphatic carbocycles. The number of halogens is 1. The topological polar surface area (TPSA) is 78.9 Å². The Labute approximate surface area is 226 Å². The lowest BCUT2D eigenvalue weighted by Gasteiger charge is -2.13. The zero-order valence-corrected chi connectivity index (χ0v) is 22.3. The van der Waals surface area contributed by atoms with Crippen molar-refractivity contribution < 1.29 is 9.15 Å². The van der Waals surface area contributed by atoms with Crippen molar-refractivity contribution in [2.75, 3.05) is 0 Å². The van der Waals surface area contributed by atoms with Gasteiger partial charge in [0.15, 0.2) is 0 Å². The van der Waals surface area contributed by atoms with Gasteiger partial charge in [0.05, 0.1) is 12.3 Å². The molecule has 0 N–H and O–H groups in total. The molecule has 5 aromatic rings. The Morgan fingerprint density at radius 3 is 2.32 bits per heavy atom. The van der Waals surface area contributed by atoms with Crippen LogP contribution in [0.2, 0.25) is 5.02 Å². The highest BCUT2D eigenvalue weighted by Gasteiger charge is 2.24. The zero-order chi connectivity index (χ0) is 26.5. The van der Waals surface area contributed by atoms with E-state index in [0.29, 0.717) is 25.0 Å². The molecule has 1 unspecified atom stereocenters. The van der Waals surface area contributed by atoms with Gasteiger partial charge in [-0.05, 0) is 41.8 Å². The van der Waals surface area contributed by atoms with Crippen molar-refractivity contribution >= 4 is 17.2 Å². The first kappa shape index (κ1) is 25.6. The molecule has 1 aliphatic heterocycles. The summed E-state index contributed by atoms with van der Waals surface area (Å²) < 4.78 is 12.7. The summed E-state index contributed by atoms with van der Waals surface area (Å²) in [4.78, 5) is 0. The normalized spacial score (nSPS) is 14.0. The van der Waals surface area contributed by atoms with Crippen molar-refractivity contribution in [1.29, 1.82) is 0 Å². The monoisotopic (exact) mass is 525 g/mol. The lowest BCUT2D eigenvalue weighted by molar-refractivity contribution is 0.0889. The van der Waals surface area contributed by atoms with Crippen LogP contribution in [-0.2, 0) is 18.0 Å². The highest BCUT2D eigenvalue weighted by atomic mass is 35.5. The number of allylic oxidation sites excluding steroid dienone is 1. The third kappa shape index (κ3) is 5.74. The van der Waals surface area contributed by atoms with E-state index in [-0.39, 0.29) is 5.92 Å². The molecule has 0 saturated carbocycles. The van der Waals surface area contributed by atoms with Crippen molar-refractivity contribution in [3.63, 3.8) is 0 Å². The fourth-order valence-corrected chi connectivity index (χ4v) is 4.52. The zero-order valence-electron chi connectivity index (χ0n) is 21.5. The number of hydrogen-bond donors (Lipinski definition) is 0. The second kappa shape index (κ2) is 11.5. The van der Waals surface area contributed by atoms with Gasteiger partial charge in [0.25, 0.3) is 0 Å². The van der Waals surface area contributed by atoms with Gasteiger partial charge in [0.2, 0.25) is 11.8 Å². The molecule has 0 radical (unpaired) electrons. The van der Waals surface area contributed by atoms with Crippen molar-refractivity contribution in [3.8, 4) is 5.69 Å². The van der Waals surface area contributed by atoms with Crippen LogP contribution < -0.4 is 0 Å². The molecular formula is C30H28ClN5O2. The average molecular weight is 526 g/mol. The summed E-state index contributed by atoms with van der Waals surface area (Å²) in [5, 5.41) is 16.9.